The highest BCUT2D eigenvalue weighted by molar-refractivity contribution is 6.30. The van der Waals surface area contributed by atoms with Gasteiger partial charge in [0.15, 0.2) is 0 Å². The molecule has 0 spiro atoms. The van der Waals surface area contributed by atoms with Crippen molar-refractivity contribution in [2.24, 2.45) is 0 Å². The fourth-order valence-corrected chi connectivity index (χ4v) is 2.70. The van der Waals surface area contributed by atoms with Crippen LogP contribution >= 0.6 is 24.0 Å². The van der Waals surface area contributed by atoms with E-state index in [2.05, 4.69) is 5.32 Å². The normalized spacial score (nSPS) is 11.3. The molecule has 0 aliphatic rings. The van der Waals surface area contributed by atoms with Crippen LogP contribution in [0.3, 0.4) is 0 Å². The summed E-state index contributed by atoms with van der Waals surface area (Å²) in [5.74, 6) is 1.10. The number of hydrogen-bond donors (Lipinski definition) is 1. The summed E-state index contributed by atoms with van der Waals surface area (Å²) in [4.78, 5) is 0. The second-order valence-corrected chi connectivity index (χ2v) is 6.33. The molecule has 3 rings (SSSR count). The molecule has 0 fully saturated rings. The third-order valence-electron chi connectivity index (χ3n) is 3.94. The minimum atomic E-state index is -4.37. The van der Waals surface area contributed by atoms with Crippen molar-refractivity contribution in [3.8, 4) is 11.3 Å². The van der Waals surface area contributed by atoms with E-state index in [0.29, 0.717) is 28.7 Å². The van der Waals surface area contributed by atoms with Crippen LogP contribution in [0.25, 0.3) is 11.3 Å². The third-order valence-corrected chi connectivity index (χ3v) is 4.19. The van der Waals surface area contributed by atoms with Gasteiger partial charge in [-0.25, -0.2) is 0 Å². The van der Waals surface area contributed by atoms with Crippen molar-refractivity contribution in [2.75, 3.05) is 6.54 Å². The highest BCUT2D eigenvalue weighted by Crippen LogP contribution is 2.32. The molecule has 0 bridgehead atoms. The van der Waals surface area contributed by atoms with Gasteiger partial charge < -0.3 is 9.73 Å². The summed E-state index contributed by atoms with van der Waals surface area (Å²) < 4.78 is 44.1. The van der Waals surface area contributed by atoms with Crippen molar-refractivity contribution < 1.29 is 17.6 Å². The molecule has 1 heterocycles. The number of alkyl halides is 3. The van der Waals surface area contributed by atoms with Gasteiger partial charge >= 0.3 is 6.18 Å². The molecule has 2 aromatic carbocycles. The first-order valence-electron chi connectivity index (χ1n) is 8.13. The summed E-state index contributed by atoms with van der Waals surface area (Å²) in [5, 5.41) is 3.97. The van der Waals surface area contributed by atoms with Crippen LogP contribution in [0.4, 0.5) is 13.2 Å². The summed E-state index contributed by atoms with van der Waals surface area (Å²) in [6.07, 6.45) is -3.52. The Balaban J connectivity index is 0.00000261. The van der Waals surface area contributed by atoms with E-state index >= 15 is 0 Å². The van der Waals surface area contributed by atoms with Crippen molar-refractivity contribution in [2.45, 2.75) is 19.1 Å². The summed E-state index contributed by atoms with van der Waals surface area (Å²) >= 11 is 5.85. The van der Waals surface area contributed by atoms with E-state index in [1.165, 1.54) is 11.6 Å². The molecule has 0 saturated heterocycles. The minimum Gasteiger partial charge on any atom is -0.460 e. The zero-order chi connectivity index (χ0) is 18.6. The topological polar surface area (TPSA) is 25.2 Å². The van der Waals surface area contributed by atoms with Crippen LogP contribution in [0.5, 0.6) is 0 Å². The van der Waals surface area contributed by atoms with Gasteiger partial charge in [-0.05, 0) is 54.9 Å². The molecule has 7 heteroatoms. The van der Waals surface area contributed by atoms with Crippen LogP contribution in [0.2, 0.25) is 5.02 Å². The lowest BCUT2D eigenvalue weighted by molar-refractivity contribution is -0.137. The largest absolute Gasteiger partial charge is 0.460 e. The first kappa shape index (κ1) is 21.4. The van der Waals surface area contributed by atoms with Gasteiger partial charge in [-0.3, -0.25) is 0 Å². The fourth-order valence-electron chi connectivity index (χ4n) is 2.57. The first-order chi connectivity index (χ1) is 12.4. The molecule has 0 amide bonds. The lowest BCUT2D eigenvalue weighted by Gasteiger charge is -2.07. The van der Waals surface area contributed by atoms with Crippen LogP contribution in [0.1, 0.15) is 16.9 Å². The molecule has 27 heavy (non-hydrogen) atoms. The summed E-state index contributed by atoms with van der Waals surface area (Å²) in [6, 6.07) is 16.2. The maximum absolute atomic E-state index is 12.8. The van der Waals surface area contributed by atoms with E-state index in [1.54, 1.807) is 18.2 Å². The number of benzene rings is 2. The molecule has 144 valence electrons. The number of halogens is 5. The molecule has 0 aliphatic carbocycles. The van der Waals surface area contributed by atoms with Crippen molar-refractivity contribution in [1.29, 1.82) is 0 Å². The van der Waals surface area contributed by atoms with Crippen molar-refractivity contribution in [3.05, 3.63) is 82.6 Å². The van der Waals surface area contributed by atoms with Crippen molar-refractivity contribution in [3.63, 3.8) is 0 Å². The van der Waals surface area contributed by atoms with E-state index in [4.69, 9.17) is 16.0 Å². The van der Waals surface area contributed by atoms with Crippen LogP contribution < -0.4 is 5.32 Å². The molecule has 3 aromatic rings. The molecule has 0 saturated carbocycles. The number of hydrogen-bond acceptors (Lipinski definition) is 2. The summed E-state index contributed by atoms with van der Waals surface area (Å²) in [5.41, 5.74) is 0.896. The summed E-state index contributed by atoms with van der Waals surface area (Å²) in [6.45, 7) is 1.26. The zero-order valence-electron chi connectivity index (χ0n) is 14.2. The zero-order valence-corrected chi connectivity index (χ0v) is 15.8. The average molecular weight is 416 g/mol. The molecular formula is C20H18Cl2F3NO. The monoisotopic (exact) mass is 415 g/mol. The van der Waals surface area contributed by atoms with Crippen LogP contribution in [-0.4, -0.2) is 6.54 Å². The Morgan fingerprint density at radius 1 is 0.963 bits per heavy atom. The van der Waals surface area contributed by atoms with Crippen LogP contribution in [0, 0.1) is 0 Å². The second kappa shape index (κ2) is 9.31. The Morgan fingerprint density at radius 2 is 1.70 bits per heavy atom. The number of rotatable bonds is 6. The van der Waals surface area contributed by atoms with Gasteiger partial charge in [-0.1, -0.05) is 35.9 Å². The van der Waals surface area contributed by atoms with Crippen LogP contribution in [0.15, 0.2) is 65.1 Å². The van der Waals surface area contributed by atoms with E-state index in [0.717, 1.165) is 25.1 Å². The smallest absolute Gasteiger partial charge is 0.416 e. The van der Waals surface area contributed by atoms with E-state index < -0.39 is 11.7 Å². The maximum Gasteiger partial charge on any atom is 0.416 e. The first-order valence-corrected chi connectivity index (χ1v) is 8.51. The predicted octanol–water partition coefficient (Wildman–Crippen LogP) is 6.37. The van der Waals surface area contributed by atoms with Gasteiger partial charge in [0.25, 0.3) is 0 Å². The molecule has 0 radical (unpaired) electrons. The number of nitrogens with one attached hydrogen (secondary N) is 1. The van der Waals surface area contributed by atoms with Crippen molar-refractivity contribution >= 4 is 24.0 Å². The third kappa shape index (κ3) is 6.03. The molecule has 0 unspecified atom stereocenters. The standard InChI is InChI=1S/C20H17ClF3NO.ClH/c21-17-6-4-14(5-7-17)10-11-25-13-18-8-9-19(26-18)15-2-1-3-16(12-15)20(22,23)24;/h1-9,12,25H,10-11,13H2;1H. The Labute approximate surface area is 166 Å². The predicted molar refractivity (Wildman–Crippen MR) is 103 cm³/mol. The van der Waals surface area contributed by atoms with E-state index in [1.807, 2.05) is 24.3 Å². The molecule has 2 nitrogen and oxygen atoms in total. The minimum absolute atomic E-state index is 0. The van der Waals surface area contributed by atoms with E-state index in [9.17, 15) is 13.2 Å². The Bertz CT molecular complexity index is 860. The Hall–Kier alpha value is -1.95. The van der Waals surface area contributed by atoms with Crippen molar-refractivity contribution in [1.82, 2.24) is 5.32 Å². The Kier molecular flexibility index (Phi) is 7.36. The molecule has 1 N–H and O–H groups in total. The quantitative estimate of drug-likeness (QED) is 0.472. The lowest BCUT2D eigenvalue weighted by Crippen LogP contribution is -2.16. The van der Waals surface area contributed by atoms with Gasteiger partial charge in [-0.2, -0.15) is 13.2 Å². The average Bonchev–Trinajstić information content (AvgIpc) is 3.09. The van der Waals surface area contributed by atoms with Gasteiger partial charge in [0.1, 0.15) is 11.5 Å². The second-order valence-electron chi connectivity index (χ2n) is 5.90. The fraction of sp³-hybridized carbons (Fsp3) is 0.200. The SMILES string of the molecule is Cl.FC(F)(F)c1cccc(-c2ccc(CNCCc3ccc(Cl)cc3)o2)c1. The highest BCUT2D eigenvalue weighted by atomic mass is 35.5. The Morgan fingerprint density at radius 3 is 2.41 bits per heavy atom. The highest BCUT2D eigenvalue weighted by Gasteiger charge is 2.30. The lowest BCUT2D eigenvalue weighted by atomic mass is 10.1. The van der Waals surface area contributed by atoms with Gasteiger partial charge in [0, 0.05) is 10.6 Å². The maximum atomic E-state index is 12.8. The molecule has 0 atom stereocenters. The van der Waals surface area contributed by atoms with Gasteiger partial charge in [0.05, 0.1) is 12.1 Å². The van der Waals surface area contributed by atoms with Gasteiger partial charge in [-0.15, -0.1) is 12.4 Å². The van der Waals surface area contributed by atoms with Crippen LogP contribution in [-0.2, 0) is 19.1 Å². The molecule has 1 aromatic heterocycles. The molecular weight excluding hydrogens is 398 g/mol. The van der Waals surface area contributed by atoms with Gasteiger partial charge in [0.2, 0.25) is 0 Å². The molecule has 0 aliphatic heterocycles. The number of furan rings is 1. The summed E-state index contributed by atoms with van der Waals surface area (Å²) in [7, 11) is 0. The van der Waals surface area contributed by atoms with E-state index in [-0.39, 0.29) is 12.4 Å².